The molecule has 0 spiro atoms. The first-order valence-electron chi connectivity index (χ1n) is 8.21. The monoisotopic (exact) mass is 326 g/mol. The first-order chi connectivity index (χ1) is 11.2. The fourth-order valence-corrected chi connectivity index (χ4v) is 3.46. The molecule has 0 bridgehead atoms. The van der Waals surface area contributed by atoms with Gasteiger partial charge in [-0.3, -0.25) is 0 Å². The molecule has 0 aromatic heterocycles. The van der Waals surface area contributed by atoms with E-state index in [1.165, 1.54) is 17.7 Å². The van der Waals surface area contributed by atoms with Crippen molar-refractivity contribution in [3.8, 4) is 0 Å². The molecule has 3 nitrogen and oxygen atoms in total. The lowest BCUT2D eigenvalue weighted by molar-refractivity contribution is -0.901. The highest BCUT2D eigenvalue weighted by Gasteiger charge is 2.26. The number of nitrogens with one attached hydrogen (secondary N) is 3. The number of benzene rings is 2. The predicted molar refractivity (Wildman–Crippen MR) is 99.8 cm³/mol. The quantitative estimate of drug-likeness (QED) is 0.752. The first-order valence-corrected chi connectivity index (χ1v) is 8.61. The van der Waals surface area contributed by atoms with E-state index < -0.39 is 0 Å². The minimum Gasteiger partial charge on any atom is -0.354 e. The van der Waals surface area contributed by atoms with Crippen LogP contribution in [0, 0.1) is 6.92 Å². The van der Waals surface area contributed by atoms with Gasteiger partial charge in [-0.25, -0.2) is 0 Å². The van der Waals surface area contributed by atoms with Gasteiger partial charge in [0.25, 0.3) is 0 Å². The van der Waals surface area contributed by atoms with E-state index in [0.29, 0.717) is 6.04 Å². The van der Waals surface area contributed by atoms with Crippen LogP contribution in [0.15, 0.2) is 54.6 Å². The summed E-state index contributed by atoms with van der Waals surface area (Å²) in [5.41, 5.74) is 3.69. The maximum atomic E-state index is 5.45. The van der Waals surface area contributed by atoms with Gasteiger partial charge in [0.1, 0.15) is 6.54 Å². The lowest BCUT2D eigenvalue weighted by Gasteiger charge is -2.16. The third-order valence-electron chi connectivity index (χ3n) is 4.29. The number of hydrogen-bond acceptors (Lipinski definition) is 1. The number of rotatable bonds is 4. The molecule has 2 atom stereocenters. The van der Waals surface area contributed by atoms with Gasteiger partial charge < -0.3 is 15.5 Å². The zero-order valence-electron chi connectivity index (χ0n) is 13.5. The van der Waals surface area contributed by atoms with Gasteiger partial charge in [0.15, 0.2) is 5.11 Å². The van der Waals surface area contributed by atoms with Crippen LogP contribution in [0.4, 0.5) is 5.69 Å². The van der Waals surface area contributed by atoms with Crippen molar-refractivity contribution in [1.29, 1.82) is 0 Å². The van der Waals surface area contributed by atoms with E-state index in [0.717, 1.165) is 30.3 Å². The van der Waals surface area contributed by atoms with Crippen LogP contribution in [0.1, 0.15) is 17.5 Å². The molecule has 3 rings (SSSR count). The summed E-state index contributed by atoms with van der Waals surface area (Å²) in [5.74, 6) is 0. The third-order valence-corrected chi connectivity index (χ3v) is 4.51. The van der Waals surface area contributed by atoms with E-state index in [2.05, 4.69) is 60.0 Å². The Morgan fingerprint density at radius 3 is 2.78 bits per heavy atom. The van der Waals surface area contributed by atoms with Crippen molar-refractivity contribution in [1.82, 2.24) is 5.32 Å². The summed E-state index contributed by atoms with van der Waals surface area (Å²) in [5, 5.41) is 7.47. The SMILES string of the molecule is Cc1cccc(NC(=S)N[C@H]2CC[NH+](Cc3ccccc3)C2)c1. The average molecular weight is 326 g/mol. The van der Waals surface area contributed by atoms with E-state index >= 15 is 0 Å². The number of hydrogen-bond donors (Lipinski definition) is 3. The summed E-state index contributed by atoms with van der Waals surface area (Å²) in [6.07, 6.45) is 1.16. The molecule has 0 saturated carbocycles. The first kappa shape index (κ1) is 16.0. The third kappa shape index (κ3) is 4.78. The fraction of sp³-hybridized carbons (Fsp3) is 0.316. The van der Waals surface area contributed by atoms with Gasteiger partial charge in [-0.15, -0.1) is 0 Å². The van der Waals surface area contributed by atoms with Crippen LogP contribution in [-0.4, -0.2) is 24.2 Å². The average Bonchev–Trinajstić information content (AvgIpc) is 2.95. The van der Waals surface area contributed by atoms with Gasteiger partial charge in [-0.1, -0.05) is 42.5 Å². The molecule has 0 amide bonds. The molecule has 0 aliphatic carbocycles. The lowest BCUT2D eigenvalue weighted by Crippen LogP contribution is -3.09. The molecule has 1 saturated heterocycles. The molecular weight excluding hydrogens is 302 g/mol. The molecule has 1 heterocycles. The summed E-state index contributed by atoms with van der Waals surface area (Å²) in [6.45, 7) is 5.49. The van der Waals surface area contributed by atoms with Crippen LogP contribution >= 0.6 is 12.2 Å². The molecular formula is C19H24N3S+. The van der Waals surface area contributed by atoms with E-state index in [1.54, 1.807) is 4.90 Å². The zero-order chi connectivity index (χ0) is 16.1. The molecule has 120 valence electrons. The number of aryl methyl sites for hydroxylation is 1. The summed E-state index contributed by atoms with van der Waals surface area (Å²) in [7, 11) is 0. The normalized spacial score (nSPS) is 20.2. The summed E-state index contributed by atoms with van der Waals surface area (Å²) in [4.78, 5) is 1.62. The second-order valence-corrected chi connectivity index (χ2v) is 6.73. The second kappa shape index (κ2) is 7.57. The van der Waals surface area contributed by atoms with Crippen molar-refractivity contribution in [2.24, 2.45) is 0 Å². The van der Waals surface area contributed by atoms with Crippen LogP contribution in [0.3, 0.4) is 0 Å². The molecule has 3 N–H and O–H groups in total. The predicted octanol–water partition coefficient (Wildman–Crippen LogP) is 2.14. The smallest absolute Gasteiger partial charge is 0.171 e. The van der Waals surface area contributed by atoms with Crippen LogP contribution in [0.2, 0.25) is 0 Å². The minimum atomic E-state index is 0.457. The number of thiocarbonyl (C=S) groups is 1. The molecule has 2 aromatic rings. The molecule has 1 aliphatic rings. The van der Waals surface area contributed by atoms with Crippen molar-refractivity contribution in [2.75, 3.05) is 18.4 Å². The largest absolute Gasteiger partial charge is 0.354 e. The minimum absolute atomic E-state index is 0.457. The number of likely N-dealkylation sites (tertiary alicyclic amines) is 1. The van der Waals surface area contributed by atoms with E-state index in [-0.39, 0.29) is 0 Å². The Morgan fingerprint density at radius 2 is 2.00 bits per heavy atom. The Balaban J connectivity index is 1.47. The van der Waals surface area contributed by atoms with Gasteiger partial charge in [-0.2, -0.15) is 0 Å². The Bertz CT molecular complexity index is 657. The lowest BCUT2D eigenvalue weighted by atomic mass is 10.2. The van der Waals surface area contributed by atoms with E-state index in [9.17, 15) is 0 Å². The maximum absolute atomic E-state index is 5.45. The Hall–Kier alpha value is -1.91. The Morgan fingerprint density at radius 1 is 1.17 bits per heavy atom. The van der Waals surface area contributed by atoms with E-state index in [4.69, 9.17) is 12.2 Å². The van der Waals surface area contributed by atoms with Crippen molar-refractivity contribution < 1.29 is 4.90 Å². The molecule has 4 heteroatoms. The van der Waals surface area contributed by atoms with Crippen molar-refractivity contribution in [3.63, 3.8) is 0 Å². The van der Waals surface area contributed by atoms with Gasteiger partial charge >= 0.3 is 0 Å². The standard InChI is InChI=1S/C19H23N3S/c1-15-6-5-9-17(12-15)20-19(23)21-18-10-11-22(14-18)13-16-7-3-2-4-8-16/h2-9,12,18H,10-11,13-14H2,1H3,(H2,20,21,23)/p+1/t18-/m0/s1. The van der Waals surface area contributed by atoms with Gasteiger partial charge in [0.2, 0.25) is 0 Å². The maximum Gasteiger partial charge on any atom is 0.171 e. The second-order valence-electron chi connectivity index (χ2n) is 6.32. The molecule has 1 unspecified atom stereocenters. The fourth-order valence-electron chi connectivity index (χ4n) is 3.17. The molecule has 0 radical (unpaired) electrons. The molecule has 2 aromatic carbocycles. The molecule has 23 heavy (non-hydrogen) atoms. The highest BCUT2D eigenvalue weighted by molar-refractivity contribution is 7.80. The van der Waals surface area contributed by atoms with Crippen LogP contribution < -0.4 is 15.5 Å². The molecule has 1 fully saturated rings. The van der Waals surface area contributed by atoms with E-state index in [1.807, 2.05) is 12.1 Å². The van der Waals surface area contributed by atoms with Gasteiger partial charge in [-0.05, 0) is 36.8 Å². The van der Waals surface area contributed by atoms with Crippen LogP contribution in [-0.2, 0) is 6.54 Å². The van der Waals surface area contributed by atoms with Crippen LogP contribution in [0.5, 0.6) is 0 Å². The topological polar surface area (TPSA) is 28.5 Å². The highest BCUT2D eigenvalue weighted by Crippen LogP contribution is 2.09. The van der Waals surface area contributed by atoms with Gasteiger partial charge in [0, 0.05) is 17.7 Å². The Labute approximate surface area is 143 Å². The zero-order valence-corrected chi connectivity index (χ0v) is 14.3. The van der Waals surface area contributed by atoms with Gasteiger partial charge in [0.05, 0.1) is 19.1 Å². The summed E-state index contributed by atoms with van der Waals surface area (Å²) >= 11 is 5.45. The van der Waals surface area contributed by atoms with Crippen LogP contribution in [0.25, 0.3) is 0 Å². The van der Waals surface area contributed by atoms with Crippen molar-refractivity contribution in [2.45, 2.75) is 25.9 Å². The molecule has 1 aliphatic heterocycles. The number of quaternary nitrogens is 1. The summed E-state index contributed by atoms with van der Waals surface area (Å²) < 4.78 is 0. The summed E-state index contributed by atoms with van der Waals surface area (Å²) in [6, 6.07) is 19.4. The van der Waals surface area contributed by atoms with Crippen molar-refractivity contribution in [3.05, 3.63) is 65.7 Å². The van der Waals surface area contributed by atoms with Crippen molar-refractivity contribution >= 4 is 23.0 Å². The highest BCUT2D eigenvalue weighted by atomic mass is 32.1. The Kier molecular flexibility index (Phi) is 5.26. The number of anilines is 1.